The Kier molecular flexibility index (Phi) is 7.38. The lowest BCUT2D eigenvalue weighted by Crippen LogP contribution is -2.48. The highest BCUT2D eigenvalue weighted by molar-refractivity contribution is 5.96. The van der Waals surface area contributed by atoms with Gasteiger partial charge < -0.3 is 24.4 Å². The van der Waals surface area contributed by atoms with Crippen LogP contribution in [0.1, 0.15) is 35.2 Å². The summed E-state index contributed by atoms with van der Waals surface area (Å²) >= 11 is 0. The molecule has 0 bridgehead atoms. The van der Waals surface area contributed by atoms with Gasteiger partial charge in [0.2, 0.25) is 6.79 Å². The van der Waals surface area contributed by atoms with Gasteiger partial charge in [0, 0.05) is 5.70 Å². The smallest absolute Gasteiger partial charge is 0.416 e. The molecule has 1 unspecified atom stereocenters. The molecule has 3 aromatic carbocycles. The van der Waals surface area contributed by atoms with Crippen molar-refractivity contribution in [2.45, 2.75) is 32.2 Å². The lowest BCUT2D eigenvalue weighted by Gasteiger charge is -2.38. The first-order valence-electron chi connectivity index (χ1n) is 12.3. The van der Waals surface area contributed by atoms with Gasteiger partial charge in [-0.3, -0.25) is 0 Å². The van der Waals surface area contributed by atoms with Crippen LogP contribution in [0.4, 0.5) is 17.6 Å². The van der Waals surface area contributed by atoms with Crippen LogP contribution in [-0.4, -0.2) is 30.7 Å². The average molecular weight is 556 g/mol. The van der Waals surface area contributed by atoms with Crippen molar-refractivity contribution < 1.29 is 36.6 Å². The SMILES string of the molecule is COC(=O)C1=C(C)N(Cc2cccc(C(F)(F)F)c2)C(=NCc2ccc3c(c2)OCO3)NC1c1ccc(F)cc1. The fourth-order valence-corrected chi connectivity index (χ4v) is 4.63. The van der Waals surface area contributed by atoms with E-state index in [1.807, 2.05) is 6.07 Å². The normalized spacial score (nSPS) is 17.7. The van der Waals surface area contributed by atoms with Crippen LogP contribution in [0.15, 0.2) is 83.0 Å². The number of alkyl halides is 3. The topological polar surface area (TPSA) is 72.4 Å². The van der Waals surface area contributed by atoms with Crippen molar-refractivity contribution in [2.75, 3.05) is 13.9 Å². The van der Waals surface area contributed by atoms with Crippen LogP contribution in [0.25, 0.3) is 0 Å². The first-order chi connectivity index (χ1) is 19.1. The van der Waals surface area contributed by atoms with Gasteiger partial charge in [0.15, 0.2) is 17.5 Å². The molecule has 5 rings (SSSR count). The number of hydrogen-bond donors (Lipinski definition) is 1. The van der Waals surface area contributed by atoms with E-state index in [1.54, 1.807) is 42.2 Å². The second kappa shape index (κ2) is 10.9. The number of rotatable bonds is 6. The third-order valence-electron chi connectivity index (χ3n) is 6.66. The molecule has 1 N–H and O–H groups in total. The van der Waals surface area contributed by atoms with Gasteiger partial charge in [0.05, 0.1) is 37.4 Å². The first-order valence-corrected chi connectivity index (χ1v) is 12.3. The molecular formula is C29H25F4N3O4. The number of benzene rings is 3. The molecule has 0 saturated heterocycles. The fraction of sp³-hybridized carbons (Fsp3) is 0.241. The van der Waals surface area contributed by atoms with Crippen molar-refractivity contribution in [3.05, 3.63) is 106 Å². The van der Waals surface area contributed by atoms with Crippen LogP contribution in [0.3, 0.4) is 0 Å². The highest BCUT2D eigenvalue weighted by atomic mass is 19.4. The lowest BCUT2D eigenvalue weighted by molar-refractivity contribution is -0.138. The maximum absolute atomic E-state index is 13.7. The van der Waals surface area contributed by atoms with E-state index in [0.717, 1.165) is 17.7 Å². The number of methoxy groups -OCH3 is 1. The second-order valence-electron chi connectivity index (χ2n) is 9.23. The summed E-state index contributed by atoms with van der Waals surface area (Å²) in [5, 5.41) is 3.24. The van der Waals surface area contributed by atoms with Crippen molar-refractivity contribution in [1.82, 2.24) is 10.2 Å². The lowest BCUT2D eigenvalue weighted by atomic mass is 9.94. The third kappa shape index (κ3) is 5.58. The van der Waals surface area contributed by atoms with Crippen molar-refractivity contribution in [1.29, 1.82) is 0 Å². The predicted octanol–water partition coefficient (Wildman–Crippen LogP) is 5.72. The minimum atomic E-state index is -4.51. The van der Waals surface area contributed by atoms with Crippen LogP contribution in [0.2, 0.25) is 0 Å². The summed E-state index contributed by atoms with van der Waals surface area (Å²) in [6.07, 6.45) is -4.51. The Balaban J connectivity index is 1.57. The Morgan fingerprint density at radius 3 is 2.52 bits per heavy atom. The number of ether oxygens (including phenoxy) is 3. The van der Waals surface area contributed by atoms with E-state index in [1.165, 1.54) is 25.3 Å². The molecular weight excluding hydrogens is 530 g/mol. The van der Waals surface area contributed by atoms with Crippen molar-refractivity contribution >= 4 is 11.9 Å². The maximum atomic E-state index is 13.7. The molecule has 0 aliphatic carbocycles. The summed E-state index contributed by atoms with van der Waals surface area (Å²) < 4.78 is 69.8. The minimum absolute atomic E-state index is 0.0145. The summed E-state index contributed by atoms with van der Waals surface area (Å²) in [5.74, 6) is 0.445. The van der Waals surface area contributed by atoms with E-state index in [0.29, 0.717) is 34.3 Å². The number of carbonyl (C=O) groups excluding carboxylic acids is 1. The Morgan fingerprint density at radius 2 is 1.80 bits per heavy atom. The quantitative estimate of drug-likeness (QED) is 0.310. The van der Waals surface area contributed by atoms with E-state index >= 15 is 0 Å². The molecule has 0 fully saturated rings. The van der Waals surface area contributed by atoms with Gasteiger partial charge in [-0.1, -0.05) is 30.3 Å². The molecule has 0 amide bonds. The zero-order valence-corrected chi connectivity index (χ0v) is 21.6. The van der Waals surface area contributed by atoms with Gasteiger partial charge >= 0.3 is 12.1 Å². The van der Waals surface area contributed by atoms with Gasteiger partial charge in [0.1, 0.15) is 5.82 Å². The molecule has 0 saturated carbocycles. The Morgan fingerprint density at radius 1 is 1.05 bits per heavy atom. The van der Waals surface area contributed by atoms with E-state index < -0.39 is 29.6 Å². The molecule has 2 aliphatic rings. The van der Waals surface area contributed by atoms with E-state index in [4.69, 9.17) is 19.2 Å². The number of allylic oxidation sites excluding steroid dienone is 1. The van der Waals surface area contributed by atoms with E-state index in [-0.39, 0.29) is 25.5 Å². The van der Waals surface area contributed by atoms with Crippen LogP contribution >= 0.6 is 0 Å². The van der Waals surface area contributed by atoms with Crippen molar-refractivity contribution in [3.63, 3.8) is 0 Å². The minimum Gasteiger partial charge on any atom is -0.466 e. The van der Waals surface area contributed by atoms with Crippen molar-refractivity contribution in [3.8, 4) is 11.5 Å². The number of nitrogens with one attached hydrogen (secondary N) is 1. The van der Waals surface area contributed by atoms with Gasteiger partial charge in [-0.05, 0) is 60.0 Å². The molecule has 0 spiro atoms. The van der Waals surface area contributed by atoms with E-state index in [2.05, 4.69) is 5.32 Å². The average Bonchev–Trinajstić information content (AvgIpc) is 3.41. The molecule has 40 heavy (non-hydrogen) atoms. The number of halogens is 4. The summed E-state index contributed by atoms with van der Waals surface area (Å²) in [5.41, 5.74) is 1.61. The molecule has 7 nitrogen and oxygen atoms in total. The molecule has 2 aliphatic heterocycles. The van der Waals surface area contributed by atoms with Crippen LogP contribution in [0.5, 0.6) is 11.5 Å². The number of esters is 1. The Hall–Kier alpha value is -4.54. The first kappa shape index (κ1) is 27.0. The highest BCUT2D eigenvalue weighted by Crippen LogP contribution is 2.35. The van der Waals surface area contributed by atoms with Gasteiger partial charge in [-0.25, -0.2) is 14.2 Å². The monoisotopic (exact) mass is 555 g/mol. The van der Waals surface area contributed by atoms with Crippen LogP contribution < -0.4 is 14.8 Å². The number of aliphatic imine (C=N–C) groups is 1. The zero-order chi connectivity index (χ0) is 28.4. The summed E-state index contributed by atoms with van der Waals surface area (Å²) in [6.45, 7) is 1.97. The van der Waals surface area contributed by atoms with E-state index in [9.17, 15) is 22.4 Å². The Bertz CT molecular complexity index is 1490. The molecule has 1 atom stereocenters. The maximum Gasteiger partial charge on any atom is 0.416 e. The molecule has 11 heteroatoms. The molecule has 208 valence electrons. The summed E-state index contributed by atoms with van der Waals surface area (Å²) in [4.78, 5) is 19.3. The number of carbonyl (C=O) groups is 1. The molecule has 3 aromatic rings. The molecule has 2 heterocycles. The van der Waals surface area contributed by atoms with Crippen LogP contribution in [-0.2, 0) is 28.8 Å². The molecule has 0 aromatic heterocycles. The van der Waals surface area contributed by atoms with Gasteiger partial charge in [-0.15, -0.1) is 0 Å². The van der Waals surface area contributed by atoms with Crippen LogP contribution in [0, 0.1) is 5.82 Å². The molecule has 0 radical (unpaired) electrons. The zero-order valence-electron chi connectivity index (χ0n) is 21.6. The number of nitrogens with zero attached hydrogens (tertiary/aromatic N) is 2. The predicted molar refractivity (Wildman–Crippen MR) is 138 cm³/mol. The number of hydrogen-bond acceptors (Lipinski definition) is 5. The fourth-order valence-electron chi connectivity index (χ4n) is 4.63. The highest BCUT2D eigenvalue weighted by Gasteiger charge is 2.36. The van der Waals surface area contributed by atoms with Gasteiger partial charge in [0.25, 0.3) is 0 Å². The number of fused-ring (bicyclic) bond motifs is 1. The summed E-state index contributed by atoms with van der Waals surface area (Å²) in [7, 11) is 1.24. The largest absolute Gasteiger partial charge is 0.466 e. The second-order valence-corrected chi connectivity index (χ2v) is 9.23. The van der Waals surface area contributed by atoms with Gasteiger partial charge in [-0.2, -0.15) is 13.2 Å². The standard InChI is InChI=1S/C29H25F4N3O4/c1-17-25(27(37)38-2)26(20-7-9-22(30)10-8-20)35-28(34-14-18-6-11-23-24(13-18)40-16-39-23)36(17)15-19-4-3-5-21(12-19)29(31,32)33/h3-13,26H,14-16H2,1-2H3,(H,34,35). The van der Waals surface area contributed by atoms with Crippen molar-refractivity contribution in [2.24, 2.45) is 4.99 Å². The summed E-state index contributed by atoms with van der Waals surface area (Å²) in [6, 6.07) is 15.3. The third-order valence-corrected chi connectivity index (χ3v) is 6.66. The number of guanidine groups is 1. The Labute approximate surface area is 227 Å².